The number of aromatic nitrogens is 4. The summed E-state index contributed by atoms with van der Waals surface area (Å²) in [6.45, 7) is 2.83. The molecule has 0 aliphatic rings. The van der Waals surface area contributed by atoms with Crippen LogP contribution in [0.2, 0.25) is 5.15 Å². The van der Waals surface area contributed by atoms with Crippen molar-refractivity contribution < 1.29 is 0 Å². The molecule has 2 heterocycles. The molecular formula is C8H10ClN5. The number of nitrogens with zero attached hydrogens (tertiary/aromatic N) is 4. The topological polar surface area (TPSA) is 69.6 Å². The summed E-state index contributed by atoms with van der Waals surface area (Å²) in [6.07, 6.45) is 2.34. The minimum absolute atomic E-state index is 0.396. The van der Waals surface area contributed by atoms with Crippen LogP contribution in [0.5, 0.6) is 0 Å². The Balaban J connectivity index is 2.73. The Morgan fingerprint density at radius 2 is 2.29 bits per heavy atom. The Bertz CT molecular complexity index is 464. The molecule has 2 aromatic rings. The van der Waals surface area contributed by atoms with Crippen LogP contribution >= 0.6 is 11.6 Å². The quantitative estimate of drug-likeness (QED) is 0.764. The monoisotopic (exact) mass is 211 g/mol. The SMILES string of the molecule is CCCn1c(N)nc2ncnc(Cl)c21. The van der Waals surface area contributed by atoms with Gasteiger partial charge in [0.05, 0.1) is 0 Å². The van der Waals surface area contributed by atoms with Crippen molar-refractivity contribution in [3.63, 3.8) is 0 Å². The van der Waals surface area contributed by atoms with Crippen LogP contribution in [-0.2, 0) is 6.54 Å². The molecular weight excluding hydrogens is 202 g/mol. The Kier molecular flexibility index (Phi) is 2.25. The summed E-state index contributed by atoms with van der Waals surface area (Å²) in [5, 5.41) is 0.396. The first-order valence-corrected chi connectivity index (χ1v) is 4.74. The molecule has 0 saturated carbocycles. The van der Waals surface area contributed by atoms with E-state index in [0.717, 1.165) is 13.0 Å². The third kappa shape index (κ3) is 1.29. The number of nitrogen functional groups attached to an aromatic ring is 1. The number of fused-ring (bicyclic) bond motifs is 1. The van der Waals surface area contributed by atoms with E-state index in [1.165, 1.54) is 6.33 Å². The predicted octanol–water partition coefficient (Wildman–Crippen LogP) is 1.47. The molecule has 0 fully saturated rings. The fraction of sp³-hybridized carbons (Fsp3) is 0.375. The summed E-state index contributed by atoms with van der Waals surface area (Å²) in [4.78, 5) is 12.0. The van der Waals surface area contributed by atoms with Crippen molar-refractivity contribution in [3.8, 4) is 0 Å². The third-order valence-corrected chi connectivity index (χ3v) is 2.25. The van der Waals surface area contributed by atoms with E-state index in [-0.39, 0.29) is 0 Å². The van der Waals surface area contributed by atoms with Crippen molar-refractivity contribution in [3.05, 3.63) is 11.5 Å². The van der Waals surface area contributed by atoms with E-state index in [1.807, 2.05) is 4.57 Å². The zero-order valence-corrected chi connectivity index (χ0v) is 8.49. The maximum atomic E-state index is 5.94. The van der Waals surface area contributed by atoms with Crippen LogP contribution in [0.1, 0.15) is 13.3 Å². The minimum atomic E-state index is 0.396. The molecule has 0 radical (unpaired) electrons. The number of imidazole rings is 1. The average Bonchev–Trinajstić information content (AvgIpc) is 2.45. The molecule has 2 N–H and O–H groups in total. The van der Waals surface area contributed by atoms with Gasteiger partial charge >= 0.3 is 0 Å². The van der Waals surface area contributed by atoms with Gasteiger partial charge in [0.15, 0.2) is 10.8 Å². The highest BCUT2D eigenvalue weighted by atomic mass is 35.5. The number of anilines is 1. The van der Waals surface area contributed by atoms with Gasteiger partial charge in [-0.05, 0) is 6.42 Å². The zero-order valence-electron chi connectivity index (χ0n) is 7.74. The van der Waals surface area contributed by atoms with E-state index >= 15 is 0 Å². The first kappa shape index (κ1) is 9.21. The van der Waals surface area contributed by atoms with Gasteiger partial charge in [0.2, 0.25) is 5.95 Å². The van der Waals surface area contributed by atoms with Gasteiger partial charge in [-0.3, -0.25) is 0 Å². The van der Waals surface area contributed by atoms with Gasteiger partial charge in [-0.1, -0.05) is 18.5 Å². The molecule has 0 aliphatic heterocycles. The number of aryl methyl sites for hydroxylation is 1. The molecule has 0 saturated heterocycles. The lowest BCUT2D eigenvalue weighted by molar-refractivity contribution is 0.706. The van der Waals surface area contributed by atoms with Gasteiger partial charge in [-0.15, -0.1) is 0 Å². The summed E-state index contributed by atoms with van der Waals surface area (Å²) in [5.74, 6) is 0.434. The second-order valence-electron chi connectivity index (χ2n) is 2.96. The standard InChI is InChI=1S/C8H10ClN5/c1-2-3-14-5-6(9)11-4-12-7(5)13-8(14)10/h4H,2-3H2,1H3,(H2,10,11,12,13). The van der Waals surface area contributed by atoms with E-state index in [4.69, 9.17) is 17.3 Å². The van der Waals surface area contributed by atoms with Crippen molar-refractivity contribution in [1.82, 2.24) is 19.5 Å². The number of hydrogen-bond acceptors (Lipinski definition) is 4. The molecule has 0 spiro atoms. The van der Waals surface area contributed by atoms with E-state index in [1.54, 1.807) is 0 Å². The van der Waals surface area contributed by atoms with Gasteiger partial charge in [0.1, 0.15) is 11.8 Å². The lowest BCUT2D eigenvalue weighted by Crippen LogP contribution is -2.02. The maximum Gasteiger partial charge on any atom is 0.202 e. The molecule has 0 bridgehead atoms. The van der Waals surface area contributed by atoms with Crippen LogP contribution in [0, 0.1) is 0 Å². The van der Waals surface area contributed by atoms with Gasteiger partial charge < -0.3 is 10.3 Å². The zero-order chi connectivity index (χ0) is 10.1. The van der Waals surface area contributed by atoms with Crippen LogP contribution < -0.4 is 5.73 Å². The van der Waals surface area contributed by atoms with Crippen molar-refractivity contribution >= 4 is 28.7 Å². The Labute approximate surface area is 85.9 Å². The van der Waals surface area contributed by atoms with Gasteiger partial charge in [-0.25, -0.2) is 9.97 Å². The molecule has 0 aliphatic carbocycles. The van der Waals surface area contributed by atoms with Crippen molar-refractivity contribution in [2.24, 2.45) is 0 Å². The molecule has 0 aromatic carbocycles. The molecule has 74 valence electrons. The largest absolute Gasteiger partial charge is 0.369 e. The van der Waals surface area contributed by atoms with Crippen molar-refractivity contribution in [2.45, 2.75) is 19.9 Å². The fourth-order valence-corrected chi connectivity index (χ4v) is 1.63. The summed E-state index contributed by atoms with van der Waals surface area (Å²) in [6, 6.07) is 0. The Morgan fingerprint density at radius 3 is 3.00 bits per heavy atom. The lowest BCUT2D eigenvalue weighted by atomic mass is 10.4. The Hall–Kier alpha value is -1.36. The smallest absolute Gasteiger partial charge is 0.202 e. The Morgan fingerprint density at radius 1 is 1.50 bits per heavy atom. The number of nitrogens with two attached hydrogens (primary N) is 1. The number of hydrogen-bond donors (Lipinski definition) is 1. The number of rotatable bonds is 2. The van der Waals surface area contributed by atoms with Gasteiger partial charge in [0.25, 0.3) is 0 Å². The molecule has 14 heavy (non-hydrogen) atoms. The van der Waals surface area contributed by atoms with Crippen molar-refractivity contribution in [2.75, 3.05) is 5.73 Å². The molecule has 0 atom stereocenters. The maximum absolute atomic E-state index is 5.94. The average molecular weight is 212 g/mol. The lowest BCUT2D eigenvalue weighted by Gasteiger charge is -2.03. The summed E-state index contributed by atoms with van der Waals surface area (Å²) in [7, 11) is 0. The van der Waals surface area contributed by atoms with Crippen LogP contribution in [0.3, 0.4) is 0 Å². The molecule has 2 aromatic heterocycles. The summed E-state index contributed by atoms with van der Waals surface area (Å²) < 4.78 is 1.83. The first-order chi connectivity index (χ1) is 6.74. The summed E-state index contributed by atoms with van der Waals surface area (Å²) in [5.41, 5.74) is 7.00. The second kappa shape index (κ2) is 3.42. The van der Waals surface area contributed by atoms with Crippen LogP contribution in [0.25, 0.3) is 11.2 Å². The van der Waals surface area contributed by atoms with E-state index in [2.05, 4.69) is 21.9 Å². The highest BCUT2D eigenvalue weighted by molar-refractivity contribution is 6.33. The van der Waals surface area contributed by atoms with Gasteiger partial charge in [-0.2, -0.15) is 4.98 Å². The van der Waals surface area contributed by atoms with Crippen LogP contribution in [0.4, 0.5) is 5.95 Å². The minimum Gasteiger partial charge on any atom is -0.369 e. The predicted molar refractivity (Wildman–Crippen MR) is 55.0 cm³/mol. The van der Waals surface area contributed by atoms with Crippen LogP contribution in [-0.4, -0.2) is 19.5 Å². The highest BCUT2D eigenvalue weighted by Crippen LogP contribution is 2.21. The first-order valence-electron chi connectivity index (χ1n) is 4.36. The second-order valence-corrected chi connectivity index (χ2v) is 3.32. The molecule has 0 amide bonds. The third-order valence-electron chi connectivity index (χ3n) is 1.97. The van der Waals surface area contributed by atoms with E-state index in [0.29, 0.717) is 22.3 Å². The highest BCUT2D eigenvalue weighted by Gasteiger charge is 2.11. The fourth-order valence-electron chi connectivity index (χ4n) is 1.40. The van der Waals surface area contributed by atoms with Gasteiger partial charge in [0, 0.05) is 6.54 Å². The molecule has 5 nitrogen and oxygen atoms in total. The molecule has 2 rings (SSSR count). The molecule has 0 unspecified atom stereocenters. The van der Waals surface area contributed by atoms with E-state index < -0.39 is 0 Å². The van der Waals surface area contributed by atoms with E-state index in [9.17, 15) is 0 Å². The number of halogens is 1. The normalized spacial score (nSPS) is 11.0. The summed E-state index contributed by atoms with van der Waals surface area (Å²) >= 11 is 5.94. The van der Waals surface area contributed by atoms with Crippen LogP contribution in [0.15, 0.2) is 6.33 Å². The van der Waals surface area contributed by atoms with Crippen molar-refractivity contribution in [1.29, 1.82) is 0 Å². The molecule has 6 heteroatoms.